The molecule has 1 aliphatic rings. The Balaban J connectivity index is 2.37. The van der Waals surface area contributed by atoms with Crippen molar-refractivity contribution >= 4 is 59.4 Å². The molecule has 0 aliphatic carbocycles. The second-order valence-corrected chi connectivity index (χ2v) is 11.9. The maximum absolute atomic E-state index is 12.6. The van der Waals surface area contributed by atoms with Crippen LogP contribution in [0.2, 0.25) is 0 Å². The molecule has 1 heterocycles. The van der Waals surface area contributed by atoms with Gasteiger partial charge in [-0.2, -0.15) is 0 Å². The van der Waals surface area contributed by atoms with Crippen molar-refractivity contribution in [2.24, 2.45) is 0 Å². The van der Waals surface area contributed by atoms with Gasteiger partial charge in [0, 0.05) is 39.3 Å². The predicted octanol–water partition coefficient (Wildman–Crippen LogP) is -3.14. The minimum Gasteiger partial charge on any atom is -0.480 e. The summed E-state index contributed by atoms with van der Waals surface area (Å²) in [4.78, 5) is 121. The number of aliphatic carboxylic acids is 6. The predicted molar refractivity (Wildman–Crippen MR) is 173 cm³/mol. The van der Waals surface area contributed by atoms with E-state index in [0.29, 0.717) is 0 Å². The van der Waals surface area contributed by atoms with Crippen LogP contribution >= 0.6 is 0 Å². The maximum atomic E-state index is 12.6. The molecule has 0 radical (unpaired) electrons. The fourth-order valence-corrected chi connectivity index (χ4v) is 5.38. The van der Waals surface area contributed by atoms with Crippen LogP contribution in [-0.4, -0.2) is 187 Å². The van der Waals surface area contributed by atoms with Crippen molar-refractivity contribution in [2.45, 2.75) is 63.5 Å². The van der Waals surface area contributed by atoms with Crippen LogP contribution < -0.4 is 10.6 Å². The largest absolute Gasteiger partial charge is 0.480 e. The highest BCUT2D eigenvalue weighted by molar-refractivity contribution is 5.98. The molecule has 4 amide bonds. The molecule has 2 unspecified atom stereocenters. The Morgan fingerprint density at radius 2 is 0.769 bits per heavy atom. The molecule has 22 nitrogen and oxygen atoms in total. The van der Waals surface area contributed by atoms with Crippen LogP contribution in [0.25, 0.3) is 0 Å². The number of carbonyl (C=O) groups excluding carboxylic acids is 4. The molecule has 0 aromatic carbocycles. The van der Waals surface area contributed by atoms with Gasteiger partial charge in [-0.05, 0) is 38.5 Å². The minimum atomic E-state index is -1.38. The first-order valence-electron chi connectivity index (χ1n) is 16.3. The zero-order valence-electron chi connectivity index (χ0n) is 28.4. The van der Waals surface area contributed by atoms with Crippen LogP contribution in [0, 0.1) is 0 Å². The summed E-state index contributed by atoms with van der Waals surface area (Å²) in [5.74, 6) is -10.5. The SMILES string of the molecule is O=C(O)CN(CC(=O)O)C(CCCCNC(=O)CC(=O)N1CCN(C(=O)CC(=O)NCCCCC(C(=O)O)N(CC(=O)O)CC(=O)O)CC1)C(=O)O. The Labute approximate surface area is 297 Å². The lowest BCUT2D eigenvalue weighted by molar-refractivity contribution is -0.152. The quantitative estimate of drug-likeness (QED) is 0.0320. The molecule has 1 aliphatic heterocycles. The first-order valence-corrected chi connectivity index (χ1v) is 16.3. The topological polar surface area (TPSA) is 329 Å². The number of carboxylic acids is 6. The van der Waals surface area contributed by atoms with Crippen LogP contribution in [0.5, 0.6) is 0 Å². The van der Waals surface area contributed by atoms with Gasteiger partial charge in [0.2, 0.25) is 23.6 Å². The van der Waals surface area contributed by atoms with E-state index in [0.717, 1.165) is 9.80 Å². The first-order chi connectivity index (χ1) is 24.4. The van der Waals surface area contributed by atoms with Gasteiger partial charge in [-0.3, -0.25) is 57.7 Å². The Hall–Kier alpha value is -5.38. The molecule has 22 heteroatoms. The standard InChI is InChI=1S/C30H46N6O16/c37-21(31-7-3-1-5-19(29(49)50)35(15-25(41)42)16-26(43)44)13-23(39)33-9-11-34(12-10-33)24(40)14-22(38)32-8-4-2-6-20(30(51)52)36(17-27(45)46)18-28(47)48/h19-20H,1-18H2,(H,31,37)(H,32,38)(H,41,42)(H,43,44)(H,45,46)(H,47,48)(H,49,50)(H,51,52). The maximum Gasteiger partial charge on any atom is 0.320 e. The smallest absolute Gasteiger partial charge is 0.320 e. The van der Waals surface area contributed by atoms with Gasteiger partial charge in [-0.25, -0.2) is 0 Å². The summed E-state index contributed by atoms with van der Waals surface area (Å²) in [6.07, 6.45) is -0.122. The third-order valence-electron chi connectivity index (χ3n) is 7.87. The first kappa shape index (κ1) is 44.6. The van der Waals surface area contributed by atoms with E-state index < -0.39 is 111 Å². The van der Waals surface area contributed by atoms with E-state index in [2.05, 4.69) is 10.6 Å². The fraction of sp³-hybridized carbons (Fsp3) is 0.667. The van der Waals surface area contributed by atoms with E-state index in [4.69, 9.17) is 20.4 Å². The fourth-order valence-electron chi connectivity index (χ4n) is 5.38. The number of hydrogen-bond acceptors (Lipinski definition) is 12. The van der Waals surface area contributed by atoms with Gasteiger partial charge in [0.1, 0.15) is 24.9 Å². The van der Waals surface area contributed by atoms with Crippen molar-refractivity contribution in [3.8, 4) is 0 Å². The number of nitrogens with one attached hydrogen (secondary N) is 2. The molecule has 292 valence electrons. The number of hydrogen-bond donors (Lipinski definition) is 8. The molecule has 1 fully saturated rings. The van der Waals surface area contributed by atoms with Crippen molar-refractivity contribution in [2.75, 3.05) is 65.4 Å². The van der Waals surface area contributed by atoms with Gasteiger partial charge in [-0.15, -0.1) is 0 Å². The molecule has 8 N–H and O–H groups in total. The molecule has 52 heavy (non-hydrogen) atoms. The number of unbranched alkanes of at least 4 members (excludes halogenated alkanes) is 2. The molecule has 0 bridgehead atoms. The van der Waals surface area contributed by atoms with E-state index >= 15 is 0 Å². The van der Waals surface area contributed by atoms with E-state index in [-0.39, 0.29) is 77.8 Å². The zero-order valence-corrected chi connectivity index (χ0v) is 28.4. The second-order valence-electron chi connectivity index (χ2n) is 11.9. The van der Waals surface area contributed by atoms with Crippen LogP contribution in [0.15, 0.2) is 0 Å². The normalized spacial score (nSPS) is 14.0. The lowest BCUT2D eigenvalue weighted by atomic mass is 10.1. The van der Waals surface area contributed by atoms with Crippen molar-refractivity contribution < 1.29 is 78.6 Å². The summed E-state index contributed by atoms with van der Waals surface area (Å²) in [6, 6.07) is -2.72. The highest BCUT2D eigenvalue weighted by Crippen LogP contribution is 2.12. The zero-order chi connectivity index (χ0) is 39.4. The molecular weight excluding hydrogens is 700 g/mol. The van der Waals surface area contributed by atoms with Crippen molar-refractivity contribution in [3.05, 3.63) is 0 Å². The third-order valence-corrected chi connectivity index (χ3v) is 7.87. The van der Waals surface area contributed by atoms with Crippen LogP contribution in [0.3, 0.4) is 0 Å². The monoisotopic (exact) mass is 746 g/mol. The molecule has 1 saturated heterocycles. The van der Waals surface area contributed by atoms with E-state index in [9.17, 15) is 58.2 Å². The van der Waals surface area contributed by atoms with E-state index in [1.807, 2.05) is 0 Å². The highest BCUT2D eigenvalue weighted by atomic mass is 16.4. The van der Waals surface area contributed by atoms with Crippen molar-refractivity contribution in [3.63, 3.8) is 0 Å². The van der Waals surface area contributed by atoms with Gasteiger partial charge in [0.25, 0.3) is 0 Å². The van der Waals surface area contributed by atoms with Gasteiger partial charge in [0.15, 0.2) is 0 Å². The van der Waals surface area contributed by atoms with Gasteiger partial charge >= 0.3 is 35.8 Å². The van der Waals surface area contributed by atoms with Crippen LogP contribution in [0.1, 0.15) is 51.4 Å². The number of piperazine rings is 1. The van der Waals surface area contributed by atoms with Gasteiger partial charge in [0.05, 0.1) is 26.2 Å². The van der Waals surface area contributed by atoms with Crippen LogP contribution in [-0.2, 0) is 47.9 Å². The van der Waals surface area contributed by atoms with Crippen molar-refractivity contribution in [1.82, 2.24) is 30.2 Å². The van der Waals surface area contributed by atoms with E-state index in [1.54, 1.807) is 0 Å². The lowest BCUT2D eigenvalue weighted by Crippen LogP contribution is -2.51. The van der Waals surface area contributed by atoms with Crippen molar-refractivity contribution in [1.29, 1.82) is 0 Å². The number of nitrogens with zero attached hydrogens (tertiary/aromatic N) is 4. The average molecular weight is 747 g/mol. The summed E-state index contributed by atoms with van der Waals surface area (Å²) in [6.45, 7) is -2.48. The Morgan fingerprint density at radius 1 is 0.481 bits per heavy atom. The molecular formula is C30H46N6O16. The Kier molecular flexibility index (Phi) is 19.9. The number of amides is 4. The molecule has 0 spiro atoms. The Morgan fingerprint density at radius 3 is 1.02 bits per heavy atom. The number of rotatable bonds is 26. The number of carbonyl (C=O) groups is 10. The lowest BCUT2D eigenvalue weighted by Gasteiger charge is -2.34. The molecule has 0 aromatic heterocycles. The van der Waals surface area contributed by atoms with Crippen LogP contribution in [0.4, 0.5) is 0 Å². The molecule has 1 rings (SSSR count). The highest BCUT2D eigenvalue weighted by Gasteiger charge is 2.30. The average Bonchev–Trinajstić information content (AvgIpc) is 3.02. The third kappa shape index (κ3) is 18.0. The van der Waals surface area contributed by atoms with Gasteiger partial charge < -0.3 is 51.1 Å². The second kappa shape index (κ2) is 23.2. The number of carboxylic acid groups (broad SMARTS) is 6. The summed E-state index contributed by atoms with van der Waals surface area (Å²) in [7, 11) is 0. The summed E-state index contributed by atoms with van der Waals surface area (Å²) >= 11 is 0. The molecule has 2 atom stereocenters. The summed E-state index contributed by atoms with van der Waals surface area (Å²) < 4.78 is 0. The summed E-state index contributed by atoms with van der Waals surface area (Å²) in [5.41, 5.74) is 0. The molecule has 0 aromatic rings. The molecule has 0 saturated carbocycles. The minimum absolute atomic E-state index is 0.0710. The summed E-state index contributed by atoms with van der Waals surface area (Å²) in [5, 5.41) is 59.8. The van der Waals surface area contributed by atoms with E-state index in [1.165, 1.54) is 9.80 Å². The van der Waals surface area contributed by atoms with Gasteiger partial charge in [-0.1, -0.05) is 0 Å². The Bertz CT molecular complexity index is 1190.